The number of nitrogens with zero attached hydrogens (tertiary/aromatic N) is 2. The Bertz CT molecular complexity index is 3000. The molecule has 64 heavy (non-hydrogen) atoms. The second kappa shape index (κ2) is 14.3. The maximum atomic E-state index is 7.33. The Kier molecular flexibility index (Phi) is 9.41. The summed E-state index contributed by atoms with van der Waals surface area (Å²) in [7, 11) is 0. The van der Waals surface area contributed by atoms with Crippen molar-refractivity contribution in [3.63, 3.8) is 0 Å². The first kappa shape index (κ1) is 42.1. The van der Waals surface area contributed by atoms with Crippen LogP contribution < -0.4 is 35.7 Å². The zero-order chi connectivity index (χ0) is 45.4. The first-order chi connectivity index (χ1) is 30.1. The van der Waals surface area contributed by atoms with E-state index < -0.39 is 0 Å². The molecule has 3 aliphatic heterocycles. The molecule has 0 atom stereocenters. The lowest BCUT2D eigenvalue weighted by molar-refractivity contribution is 0.172. The van der Waals surface area contributed by atoms with Gasteiger partial charge in [0, 0.05) is 39.5 Å². The molecule has 0 spiro atoms. The molecule has 1 aromatic heterocycles. The van der Waals surface area contributed by atoms with E-state index in [0.717, 1.165) is 56.8 Å². The van der Waals surface area contributed by atoms with Crippen molar-refractivity contribution in [3.8, 4) is 22.6 Å². The van der Waals surface area contributed by atoms with Crippen LogP contribution in [0.4, 0.5) is 34.3 Å². The van der Waals surface area contributed by atoms with Crippen molar-refractivity contribution in [3.05, 3.63) is 137 Å². The molecule has 6 heteroatoms. The summed E-state index contributed by atoms with van der Waals surface area (Å²) in [5, 5.41) is 1.14. The Labute approximate surface area is 381 Å². The van der Waals surface area contributed by atoms with Gasteiger partial charge in [0.2, 0.25) is 5.88 Å². The van der Waals surface area contributed by atoms with Gasteiger partial charge in [0.05, 0.1) is 11.4 Å². The Balaban J connectivity index is 1.39. The molecule has 5 nitrogen and oxygen atoms in total. The monoisotopic (exact) mass is 846 g/mol. The van der Waals surface area contributed by atoms with E-state index in [2.05, 4.69) is 210 Å². The fourth-order valence-corrected chi connectivity index (χ4v) is 10.2. The van der Waals surface area contributed by atoms with E-state index in [1.165, 1.54) is 60.9 Å². The van der Waals surface area contributed by atoms with Crippen molar-refractivity contribution in [1.82, 2.24) is 0 Å². The molecule has 0 saturated carbocycles. The fraction of sp³-hybridized carbons (Fsp3) is 0.345. The van der Waals surface area contributed by atoms with Crippen molar-refractivity contribution in [2.24, 2.45) is 0 Å². The van der Waals surface area contributed by atoms with Crippen LogP contribution in [0.3, 0.4) is 0 Å². The van der Waals surface area contributed by atoms with Gasteiger partial charge in [-0.3, -0.25) is 4.90 Å². The highest BCUT2D eigenvalue weighted by molar-refractivity contribution is 7.01. The number of benzene rings is 6. The molecule has 326 valence electrons. The zero-order valence-electron chi connectivity index (χ0n) is 40.4. The molecule has 0 amide bonds. The Morgan fingerprint density at radius 1 is 0.484 bits per heavy atom. The molecule has 3 aliphatic rings. The molecule has 0 bridgehead atoms. The SMILES string of the molecule is Cc1cc(C(C)(C)C)cc(C)c1N1c2cc(C(C)(C)C)cc3c2B(c2cc4c(cc2N3c2ccc(C(C)(C)C)cc2-c2ccccc2)OCCO4)c2c1oc1ccc(C(C)(C)C)cc21. The molecule has 7 aromatic rings. The van der Waals surface area contributed by atoms with E-state index in [1.807, 2.05) is 0 Å². The molecular weight excluding hydrogens is 783 g/mol. The van der Waals surface area contributed by atoms with Crippen LogP contribution in [0.5, 0.6) is 11.5 Å². The average Bonchev–Trinajstić information content (AvgIpc) is 3.61. The lowest BCUT2D eigenvalue weighted by atomic mass is 9.33. The molecule has 6 aromatic carbocycles. The lowest BCUT2D eigenvalue weighted by Crippen LogP contribution is -2.61. The summed E-state index contributed by atoms with van der Waals surface area (Å²) < 4.78 is 20.3. The van der Waals surface area contributed by atoms with E-state index in [1.54, 1.807) is 0 Å². The first-order valence-electron chi connectivity index (χ1n) is 23.2. The summed E-state index contributed by atoms with van der Waals surface area (Å²) in [6.45, 7) is 33.1. The number of anilines is 6. The van der Waals surface area contributed by atoms with Crippen molar-refractivity contribution in [2.45, 2.75) is 119 Å². The summed E-state index contributed by atoms with van der Waals surface area (Å²) in [5.41, 5.74) is 19.8. The topological polar surface area (TPSA) is 38.1 Å². The van der Waals surface area contributed by atoms with Gasteiger partial charge in [0.1, 0.15) is 18.8 Å². The minimum Gasteiger partial charge on any atom is -0.486 e. The second-order valence-electron chi connectivity index (χ2n) is 22.7. The van der Waals surface area contributed by atoms with Gasteiger partial charge >= 0.3 is 0 Å². The van der Waals surface area contributed by atoms with Gasteiger partial charge in [0.25, 0.3) is 6.71 Å². The van der Waals surface area contributed by atoms with Gasteiger partial charge in [-0.05, 0) is 128 Å². The molecule has 0 radical (unpaired) electrons. The Morgan fingerprint density at radius 3 is 1.64 bits per heavy atom. The number of fused-ring (bicyclic) bond motifs is 7. The van der Waals surface area contributed by atoms with Crippen LogP contribution in [-0.4, -0.2) is 19.9 Å². The number of hydrogen-bond acceptors (Lipinski definition) is 5. The van der Waals surface area contributed by atoms with Crippen molar-refractivity contribution < 1.29 is 13.9 Å². The van der Waals surface area contributed by atoms with Crippen LogP contribution >= 0.6 is 0 Å². The normalized spacial score (nSPS) is 14.8. The highest BCUT2D eigenvalue weighted by Crippen LogP contribution is 2.52. The molecule has 0 fully saturated rings. The van der Waals surface area contributed by atoms with E-state index in [0.29, 0.717) is 13.2 Å². The number of hydrogen-bond donors (Lipinski definition) is 0. The van der Waals surface area contributed by atoms with E-state index in [-0.39, 0.29) is 28.4 Å². The predicted octanol–water partition coefficient (Wildman–Crippen LogP) is 13.8. The van der Waals surface area contributed by atoms with Crippen LogP contribution in [0.25, 0.3) is 22.1 Å². The van der Waals surface area contributed by atoms with Gasteiger partial charge in [0.15, 0.2) is 11.5 Å². The summed E-state index contributed by atoms with van der Waals surface area (Å²) in [6.07, 6.45) is 0. The molecule has 4 heterocycles. The fourth-order valence-electron chi connectivity index (χ4n) is 10.2. The van der Waals surface area contributed by atoms with Crippen LogP contribution in [0.2, 0.25) is 0 Å². The summed E-state index contributed by atoms with van der Waals surface area (Å²) in [5.74, 6) is 2.43. The summed E-state index contributed by atoms with van der Waals surface area (Å²) in [4.78, 5) is 5.02. The standard InChI is InChI=1S/C58H63BN2O3/c1-34-26-39(57(9,10)11)27-35(2)53(34)61-47-31-40(58(12,13)14)30-46-52(47)59(51-42-29-38(56(6,7)8)21-23-48(42)64-54(51)61)43-32-49-50(63-25-24-62-49)33-45(43)60(46)44-22-20-37(55(3,4)5)28-41(44)36-18-16-15-17-19-36/h15-23,26-33H,24-25H2,1-14H3. The van der Waals surface area contributed by atoms with Crippen LogP contribution in [0.15, 0.2) is 108 Å². The number of aryl methyl sites for hydroxylation is 2. The van der Waals surface area contributed by atoms with Crippen molar-refractivity contribution in [2.75, 3.05) is 23.0 Å². The van der Waals surface area contributed by atoms with E-state index in [9.17, 15) is 0 Å². The first-order valence-corrected chi connectivity index (χ1v) is 23.2. The van der Waals surface area contributed by atoms with Crippen LogP contribution in [-0.2, 0) is 21.7 Å². The van der Waals surface area contributed by atoms with Crippen molar-refractivity contribution in [1.29, 1.82) is 0 Å². The van der Waals surface area contributed by atoms with Gasteiger partial charge in [-0.2, -0.15) is 0 Å². The minimum absolute atomic E-state index is 0.00558. The van der Waals surface area contributed by atoms with Gasteiger partial charge in [-0.1, -0.05) is 138 Å². The maximum absolute atomic E-state index is 7.33. The minimum atomic E-state index is -0.181. The number of ether oxygens (including phenoxy) is 2. The molecule has 0 aliphatic carbocycles. The lowest BCUT2D eigenvalue weighted by Gasteiger charge is -2.45. The molecular formula is C58H63BN2O3. The summed E-state index contributed by atoms with van der Waals surface area (Å²) >= 11 is 0. The molecule has 0 N–H and O–H groups in total. The quantitative estimate of drug-likeness (QED) is 0.166. The third-order valence-corrected chi connectivity index (χ3v) is 13.8. The second-order valence-corrected chi connectivity index (χ2v) is 22.7. The highest BCUT2D eigenvalue weighted by atomic mass is 16.6. The highest BCUT2D eigenvalue weighted by Gasteiger charge is 2.48. The largest absolute Gasteiger partial charge is 0.486 e. The summed E-state index contributed by atoms with van der Waals surface area (Å²) in [6, 6.07) is 39.1. The van der Waals surface area contributed by atoms with Crippen molar-refractivity contribution >= 4 is 68.4 Å². The Morgan fingerprint density at radius 2 is 1.03 bits per heavy atom. The third-order valence-electron chi connectivity index (χ3n) is 13.8. The molecule has 0 unspecified atom stereocenters. The number of furan rings is 1. The Hall–Kier alpha value is -5.88. The smallest absolute Gasteiger partial charge is 0.257 e. The number of rotatable bonds is 3. The molecule has 10 rings (SSSR count). The van der Waals surface area contributed by atoms with Crippen LogP contribution in [0.1, 0.15) is 116 Å². The average molecular weight is 847 g/mol. The van der Waals surface area contributed by atoms with E-state index >= 15 is 0 Å². The third kappa shape index (κ3) is 6.74. The zero-order valence-corrected chi connectivity index (χ0v) is 40.4. The van der Waals surface area contributed by atoms with Crippen LogP contribution in [0, 0.1) is 13.8 Å². The van der Waals surface area contributed by atoms with Gasteiger partial charge in [-0.15, -0.1) is 0 Å². The van der Waals surface area contributed by atoms with E-state index in [4.69, 9.17) is 13.9 Å². The van der Waals surface area contributed by atoms with Gasteiger partial charge in [-0.25, -0.2) is 0 Å². The maximum Gasteiger partial charge on any atom is 0.257 e. The predicted molar refractivity (Wildman–Crippen MR) is 271 cm³/mol. The molecule has 0 saturated heterocycles. The van der Waals surface area contributed by atoms with Gasteiger partial charge < -0.3 is 18.8 Å².